The normalized spacial score (nSPS) is 12.4. The third-order valence-electron chi connectivity index (χ3n) is 3.48. The van der Waals surface area contributed by atoms with Crippen LogP contribution < -0.4 is 4.90 Å². The van der Waals surface area contributed by atoms with E-state index in [0.717, 1.165) is 33.6 Å². The Labute approximate surface area is 133 Å². The van der Waals surface area contributed by atoms with Crippen molar-refractivity contribution >= 4 is 22.4 Å². The van der Waals surface area contributed by atoms with E-state index < -0.39 is 11.9 Å². The molecule has 0 aliphatic heterocycles. The van der Waals surface area contributed by atoms with Crippen molar-refractivity contribution in [2.24, 2.45) is 5.92 Å². The van der Waals surface area contributed by atoms with Gasteiger partial charge in [-0.1, -0.05) is 30.3 Å². The summed E-state index contributed by atoms with van der Waals surface area (Å²) in [5.41, 5.74) is 1.77. The molecule has 2 heterocycles. The second-order valence-corrected chi connectivity index (χ2v) is 6.29. The third kappa shape index (κ3) is 3.62. The van der Waals surface area contributed by atoms with Crippen LogP contribution in [0.1, 0.15) is 35.9 Å². The summed E-state index contributed by atoms with van der Waals surface area (Å²) in [6.07, 6.45) is 0.811. The standard InChI is InChI=1S/C14H20N4O3S/c1-5-12-15-16-14(22-12)18(6-8(2)13(19)20)7-11-9(3)17-21-10(11)4/h8H,5-7H2,1-4H3,(H,19,20). The van der Waals surface area contributed by atoms with Crippen LogP contribution in [-0.2, 0) is 17.8 Å². The molecule has 1 atom stereocenters. The van der Waals surface area contributed by atoms with Gasteiger partial charge in [0.05, 0.1) is 18.2 Å². The van der Waals surface area contributed by atoms with E-state index in [-0.39, 0.29) is 0 Å². The highest BCUT2D eigenvalue weighted by Gasteiger charge is 2.22. The molecule has 7 nitrogen and oxygen atoms in total. The van der Waals surface area contributed by atoms with E-state index in [2.05, 4.69) is 15.4 Å². The number of aromatic nitrogens is 3. The summed E-state index contributed by atoms with van der Waals surface area (Å²) in [4.78, 5) is 13.1. The first-order chi connectivity index (χ1) is 10.4. The van der Waals surface area contributed by atoms with E-state index in [1.54, 1.807) is 6.92 Å². The van der Waals surface area contributed by atoms with Crippen LogP contribution in [0, 0.1) is 19.8 Å². The number of aliphatic carboxylic acids is 1. The summed E-state index contributed by atoms with van der Waals surface area (Å²) in [6, 6.07) is 0. The maximum atomic E-state index is 11.2. The third-order valence-corrected chi connectivity index (χ3v) is 4.60. The van der Waals surface area contributed by atoms with Crippen LogP contribution in [-0.4, -0.2) is 33.0 Å². The number of anilines is 1. The molecule has 0 aliphatic carbocycles. The topological polar surface area (TPSA) is 92.4 Å². The van der Waals surface area contributed by atoms with Crippen molar-refractivity contribution < 1.29 is 14.4 Å². The minimum absolute atomic E-state index is 0.359. The molecule has 0 fully saturated rings. The lowest BCUT2D eigenvalue weighted by atomic mass is 10.1. The SMILES string of the molecule is CCc1nnc(N(Cc2c(C)noc2C)CC(C)C(=O)O)s1. The van der Waals surface area contributed by atoms with Crippen LogP contribution in [0.5, 0.6) is 0 Å². The quantitative estimate of drug-likeness (QED) is 0.836. The molecule has 2 aromatic rings. The van der Waals surface area contributed by atoms with Gasteiger partial charge in [0.1, 0.15) is 10.8 Å². The van der Waals surface area contributed by atoms with Crippen LogP contribution in [0.15, 0.2) is 4.52 Å². The highest BCUT2D eigenvalue weighted by molar-refractivity contribution is 7.15. The Morgan fingerprint density at radius 3 is 2.64 bits per heavy atom. The zero-order valence-corrected chi connectivity index (χ0v) is 14.0. The first kappa shape index (κ1) is 16.4. The number of carboxylic acid groups (broad SMARTS) is 1. The first-order valence-corrected chi connectivity index (χ1v) is 7.95. The summed E-state index contributed by atoms with van der Waals surface area (Å²) in [6.45, 7) is 8.30. The highest BCUT2D eigenvalue weighted by Crippen LogP contribution is 2.25. The summed E-state index contributed by atoms with van der Waals surface area (Å²) in [5, 5.41) is 23.1. The largest absolute Gasteiger partial charge is 0.481 e. The number of carbonyl (C=O) groups is 1. The van der Waals surface area contributed by atoms with E-state index in [1.807, 2.05) is 25.7 Å². The maximum Gasteiger partial charge on any atom is 0.308 e. The average molecular weight is 324 g/mol. The number of carboxylic acids is 1. The lowest BCUT2D eigenvalue weighted by Crippen LogP contribution is -2.31. The molecule has 22 heavy (non-hydrogen) atoms. The van der Waals surface area contributed by atoms with Crippen molar-refractivity contribution in [3.8, 4) is 0 Å². The van der Waals surface area contributed by atoms with Gasteiger partial charge in [-0.15, -0.1) is 10.2 Å². The van der Waals surface area contributed by atoms with Crippen LogP contribution in [0.4, 0.5) is 5.13 Å². The molecule has 0 spiro atoms. The zero-order valence-electron chi connectivity index (χ0n) is 13.2. The lowest BCUT2D eigenvalue weighted by Gasteiger charge is -2.23. The Kier molecular flexibility index (Phi) is 5.12. The summed E-state index contributed by atoms with van der Waals surface area (Å²) >= 11 is 1.49. The maximum absolute atomic E-state index is 11.2. The Morgan fingerprint density at radius 2 is 2.14 bits per heavy atom. The zero-order chi connectivity index (χ0) is 16.3. The molecule has 0 aromatic carbocycles. The Balaban J connectivity index is 2.26. The number of hydrogen-bond acceptors (Lipinski definition) is 7. The molecular formula is C14H20N4O3S. The minimum atomic E-state index is -0.830. The molecule has 0 saturated heterocycles. The van der Waals surface area contributed by atoms with Crippen molar-refractivity contribution in [2.75, 3.05) is 11.4 Å². The van der Waals surface area contributed by atoms with Crippen LogP contribution in [0.25, 0.3) is 0 Å². The van der Waals surface area contributed by atoms with E-state index in [4.69, 9.17) is 4.52 Å². The Bertz CT molecular complexity index is 633. The number of aryl methyl sites for hydroxylation is 3. The van der Waals surface area contributed by atoms with Crippen molar-refractivity contribution in [1.82, 2.24) is 15.4 Å². The molecule has 0 radical (unpaired) electrons. The molecule has 0 amide bonds. The van der Waals surface area contributed by atoms with Crippen molar-refractivity contribution in [3.63, 3.8) is 0 Å². The molecule has 8 heteroatoms. The monoisotopic (exact) mass is 324 g/mol. The molecule has 1 unspecified atom stereocenters. The number of rotatable bonds is 7. The van der Waals surface area contributed by atoms with Gasteiger partial charge < -0.3 is 14.5 Å². The number of nitrogens with zero attached hydrogens (tertiary/aromatic N) is 4. The van der Waals surface area contributed by atoms with Crippen molar-refractivity contribution in [1.29, 1.82) is 0 Å². The van der Waals surface area contributed by atoms with Gasteiger partial charge in [-0.25, -0.2) is 0 Å². The van der Waals surface area contributed by atoms with Crippen LogP contribution in [0.3, 0.4) is 0 Å². The molecule has 1 N–H and O–H groups in total. The van der Waals surface area contributed by atoms with Gasteiger partial charge in [-0.3, -0.25) is 4.79 Å². The predicted octanol–water partition coefficient (Wildman–Crippen LogP) is 2.43. The van der Waals surface area contributed by atoms with Gasteiger partial charge in [0.15, 0.2) is 0 Å². The van der Waals surface area contributed by atoms with E-state index in [1.165, 1.54) is 11.3 Å². The molecule has 0 saturated carbocycles. The Morgan fingerprint density at radius 1 is 1.41 bits per heavy atom. The fourth-order valence-corrected chi connectivity index (χ4v) is 2.84. The summed E-state index contributed by atoms with van der Waals surface area (Å²) in [7, 11) is 0. The van der Waals surface area contributed by atoms with Crippen LogP contribution >= 0.6 is 11.3 Å². The summed E-state index contributed by atoms with van der Waals surface area (Å²) in [5.74, 6) is -0.593. The minimum Gasteiger partial charge on any atom is -0.481 e. The van der Waals surface area contributed by atoms with Gasteiger partial charge >= 0.3 is 5.97 Å². The average Bonchev–Trinajstić information content (AvgIpc) is 3.07. The van der Waals surface area contributed by atoms with Gasteiger partial charge in [-0.05, 0) is 20.3 Å². The van der Waals surface area contributed by atoms with Crippen molar-refractivity contribution in [3.05, 3.63) is 22.0 Å². The molecule has 2 aromatic heterocycles. The Hall–Kier alpha value is -1.96. The van der Waals surface area contributed by atoms with Gasteiger partial charge in [-0.2, -0.15) is 0 Å². The molecular weight excluding hydrogens is 304 g/mol. The molecule has 120 valence electrons. The molecule has 0 bridgehead atoms. The summed E-state index contributed by atoms with van der Waals surface area (Å²) < 4.78 is 5.19. The molecule has 0 aliphatic rings. The fourth-order valence-electron chi connectivity index (χ4n) is 2.05. The fraction of sp³-hybridized carbons (Fsp3) is 0.571. The van der Waals surface area contributed by atoms with E-state index in [0.29, 0.717) is 13.1 Å². The second kappa shape index (κ2) is 6.87. The predicted molar refractivity (Wildman–Crippen MR) is 83.1 cm³/mol. The van der Waals surface area contributed by atoms with Crippen molar-refractivity contribution in [2.45, 2.75) is 40.7 Å². The first-order valence-electron chi connectivity index (χ1n) is 7.14. The van der Waals surface area contributed by atoms with Gasteiger partial charge in [0.2, 0.25) is 5.13 Å². The van der Waals surface area contributed by atoms with Gasteiger partial charge in [0.25, 0.3) is 0 Å². The van der Waals surface area contributed by atoms with E-state index in [9.17, 15) is 9.90 Å². The molecule has 2 rings (SSSR count). The second-order valence-electron chi connectivity index (χ2n) is 5.25. The number of hydrogen-bond donors (Lipinski definition) is 1. The highest BCUT2D eigenvalue weighted by atomic mass is 32.1. The lowest BCUT2D eigenvalue weighted by molar-refractivity contribution is -0.140. The smallest absolute Gasteiger partial charge is 0.308 e. The van der Waals surface area contributed by atoms with Crippen LogP contribution in [0.2, 0.25) is 0 Å². The van der Waals surface area contributed by atoms with E-state index >= 15 is 0 Å². The van der Waals surface area contributed by atoms with Gasteiger partial charge in [0, 0.05) is 12.1 Å².